The molecule has 5 nitrogen and oxygen atoms in total. The molecule has 0 unspecified atom stereocenters. The zero-order valence-electron chi connectivity index (χ0n) is 11.8. The highest BCUT2D eigenvalue weighted by atomic mass is 79.9. The topological polar surface area (TPSA) is 64.1 Å². The lowest BCUT2D eigenvalue weighted by molar-refractivity contribution is -0.118. The van der Waals surface area contributed by atoms with Crippen LogP contribution in [0.3, 0.4) is 0 Å². The molecule has 0 atom stereocenters. The van der Waals surface area contributed by atoms with Crippen LogP contribution in [-0.4, -0.2) is 22.5 Å². The van der Waals surface area contributed by atoms with Crippen LogP contribution in [-0.2, 0) is 4.79 Å². The highest BCUT2D eigenvalue weighted by molar-refractivity contribution is 9.11. The number of para-hydroxylation sites is 1. The Morgan fingerprint density at radius 2 is 1.96 bits per heavy atom. The largest absolute Gasteiger partial charge is 0.467 e. The van der Waals surface area contributed by atoms with Gasteiger partial charge in [0.15, 0.2) is 6.61 Å². The summed E-state index contributed by atoms with van der Waals surface area (Å²) in [5, 5.41) is 3.55. The summed E-state index contributed by atoms with van der Waals surface area (Å²) in [6.07, 6.45) is 1.42. The van der Waals surface area contributed by atoms with Crippen LogP contribution in [0.15, 0.2) is 57.7 Å². The fourth-order valence-corrected chi connectivity index (χ4v) is 3.15. The second-order valence-electron chi connectivity index (χ2n) is 4.66. The minimum Gasteiger partial charge on any atom is -0.467 e. The van der Waals surface area contributed by atoms with E-state index in [0.29, 0.717) is 11.6 Å². The molecule has 0 spiro atoms. The van der Waals surface area contributed by atoms with Gasteiger partial charge in [0.25, 0.3) is 5.91 Å². The van der Waals surface area contributed by atoms with Crippen molar-refractivity contribution < 1.29 is 9.53 Å². The Kier molecular flexibility index (Phi) is 4.88. The molecular weight excluding hydrogens is 426 g/mol. The molecule has 0 saturated heterocycles. The molecule has 1 aromatic heterocycles. The minimum absolute atomic E-state index is 0.135. The maximum atomic E-state index is 12.0. The summed E-state index contributed by atoms with van der Waals surface area (Å²) in [4.78, 5) is 20.3. The highest BCUT2D eigenvalue weighted by Gasteiger charge is 2.09. The Balaban J connectivity index is 1.69. The number of aromatic nitrogens is 2. The van der Waals surface area contributed by atoms with E-state index >= 15 is 0 Å². The molecule has 7 heteroatoms. The van der Waals surface area contributed by atoms with E-state index in [1.165, 1.54) is 6.33 Å². The van der Waals surface area contributed by atoms with Crippen molar-refractivity contribution in [3.63, 3.8) is 0 Å². The van der Waals surface area contributed by atoms with Crippen LogP contribution in [0.25, 0.3) is 10.9 Å². The third kappa shape index (κ3) is 3.86. The number of hydrogen-bond donors (Lipinski definition) is 1. The Morgan fingerprint density at radius 1 is 1.13 bits per heavy atom. The summed E-state index contributed by atoms with van der Waals surface area (Å²) in [5.41, 5.74) is 1.45. The normalized spacial score (nSPS) is 10.5. The Bertz CT molecular complexity index is 866. The number of carbonyl (C=O) groups excluding carboxylic acids is 1. The van der Waals surface area contributed by atoms with Crippen LogP contribution in [0.5, 0.6) is 5.88 Å². The van der Waals surface area contributed by atoms with Crippen molar-refractivity contribution in [3.05, 3.63) is 57.7 Å². The molecule has 0 radical (unpaired) electrons. The number of nitrogens with one attached hydrogen (secondary N) is 1. The molecule has 1 heterocycles. The summed E-state index contributed by atoms with van der Waals surface area (Å²) in [6.45, 7) is -0.135. The second kappa shape index (κ2) is 7.06. The number of hydrogen-bond acceptors (Lipinski definition) is 4. The van der Waals surface area contributed by atoms with Gasteiger partial charge in [-0.25, -0.2) is 9.97 Å². The fraction of sp³-hybridized carbons (Fsp3) is 0.0625. The van der Waals surface area contributed by atoms with E-state index in [-0.39, 0.29) is 12.5 Å². The first-order valence-electron chi connectivity index (χ1n) is 6.71. The van der Waals surface area contributed by atoms with Gasteiger partial charge >= 0.3 is 0 Å². The van der Waals surface area contributed by atoms with E-state index in [9.17, 15) is 4.79 Å². The number of fused-ring (bicyclic) bond motifs is 1. The van der Waals surface area contributed by atoms with Crippen molar-refractivity contribution in [3.8, 4) is 5.88 Å². The zero-order valence-corrected chi connectivity index (χ0v) is 15.0. The van der Waals surface area contributed by atoms with E-state index in [4.69, 9.17) is 4.74 Å². The molecule has 23 heavy (non-hydrogen) atoms. The van der Waals surface area contributed by atoms with Crippen molar-refractivity contribution in [1.82, 2.24) is 9.97 Å². The zero-order chi connectivity index (χ0) is 16.2. The molecule has 0 aliphatic heterocycles. The van der Waals surface area contributed by atoms with Crippen molar-refractivity contribution in [1.29, 1.82) is 0 Å². The lowest BCUT2D eigenvalue weighted by atomic mass is 10.2. The molecule has 2 aromatic carbocycles. The van der Waals surface area contributed by atoms with Crippen molar-refractivity contribution in [2.75, 3.05) is 11.9 Å². The average molecular weight is 437 g/mol. The summed E-state index contributed by atoms with van der Waals surface area (Å²) in [7, 11) is 0. The van der Waals surface area contributed by atoms with Gasteiger partial charge < -0.3 is 10.1 Å². The number of nitrogens with zero attached hydrogens (tertiary/aromatic N) is 2. The number of benzene rings is 2. The molecule has 116 valence electrons. The molecular formula is C16H11Br2N3O2. The van der Waals surface area contributed by atoms with Crippen LogP contribution in [0, 0.1) is 0 Å². The number of anilines is 1. The summed E-state index contributed by atoms with van der Waals surface area (Å²) < 4.78 is 7.24. The molecule has 1 N–H and O–H groups in total. The van der Waals surface area contributed by atoms with Gasteiger partial charge in [-0.3, -0.25) is 4.79 Å². The van der Waals surface area contributed by atoms with Gasteiger partial charge in [0.1, 0.15) is 6.33 Å². The third-order valence-corrected chi connectivity index (χ3v) is 4.20. The monoisotopic (exact) mass is 435 g/mol. The van der Waals surface area contributed by atoms with Crippen LogP contribution in [0.4, 0.5) is 5.69 Å². The van der Waals surface area contributed by atoms with E-state index in [0.717, 1.165) is 19.8 Å². The standard InChI is InChI=1S/C16H11Br2N3O2/c17-10-5-6-14(12(18)7-10)21-15(22)8-23-16-11-3-1-2-4-13(11)19-9-20-16/h1-7,9H,8H2,(H,21,22). The van der Waals surface area contributed by atoms with Crippen molar-refractivity contribution >= 4 is 54.4 Å². The first kappa shape index (κ1) is 15.9. The van der Waals surface area contributed by atoms with Gasteiger partial charge in [-0.2, -0.15) is 0 Å². The van der Waals surface area contributed by atoms with Crippen molar-refractivity contribution in [2.24, 2.45) is 0 Å². The molecule has 1 amide bonds. The first-order valence-corrected chi connectivity index (χ1v) is 8.29. The van der Waals surface area contributed by atoms with Gasteiger partial charge in [0.05, 0.1) is 16.6 Å². The van der Waals surface area contributed by atoms with Crippen LogP contribution >= 0.6 is 31.9 Å². The first-order chi connectivity index (χ1) is 11.1. The number of rotatable bonds is 4. The van der Waals surface area contributed by atoms with Gasteiger partial charge in [0.2, 0.25) is 5.88 Å². The van der Waals surface area contributed by atoms with E-state index < -0.39 is 0 Å². The molecule has 0 saturated carbocycles. The Hall–Kier alpha value is -1.99. The van der Waals surface area contributed by atoms with Crippen molar-refractivity contribution in [2.45, 2.75) is 0 Å². The molecule has 0 aliphatic rings. The minimum atomic E-state index is -0.268. The maximum absolute atomic E-state index is 12.0. The maximum Gasteiger partial charge on any atom is 0.262 e. The highest BCUT2D eigenvalue weighted by Crippen LogP contribution is 2.26. The summed E-state index contributed by atoms with van der Waals surface area (Å²) >= 11 is 6.76. The number of carbonyl (C=O) groups is 1. The van der Waals surface area contributed by atoms with E-state index in [1.54, 1.807) is 6.07 Å². The van der Waals surface area contributed by atoms with Gasteiger partial charge in [0, 0.05) is 8.95 Å². The molecule has 0 bridgehead atoms. The van der Waals surface area contributed by atoms with E-state index in [2.05, 4.69) is 47.1 Å². The van der Waals surface area contributed by atoms with Gasteiger partial charge in [-0.15, -0.1) is 0 Å². The van der Waals surface area contributed by atoms with Gasteiger partial charge in [-0.1, -0.05) is 28.1 Å². The van der Waals surface area contributed by atoms with E-state index in [1.807, 2.05) is 36.4 Å². The quantitative estimate of drug-likeness (QED) is 0.666. The van der Waals surface area contributed by atoms with Gasteiger partial charge in [-0.05, 0) is 46.3 Å². The average Bonchev–Trinajstić information content (AvgIpc) is 2.55. The number of amides is 1. The smallest absolute Gasteiger partial charge is 0.262 e. The van der Waals surface area contributed by atoms with Crippen LogP contribution < -0.4 is 10.1 Å². The fourth-order valence-electron chi connectivity index (χ4n) is 2.01. The lowest BCUT2D eigenvalue weighted by Crippen LogP contribution is -2.20. The van der Waals surface area contributed by atoms with Crippen LogP contribution in [0.1, 0.15) is 0 Å². The molecule has 0 fully saturated rings. The third-order valence-electron chi connectivity index (χ3n) is 3.05. The molecule has 3 aromatic rings. The predicted octanol–water partition coefficient (Wildman–Crippen LogP) is 4.17. The summed E-state index contributed by atoms with van der Waals surface area (Å²) in [5.74, 6) is 0.122. The predicted molar refractivity (Wildman–Crippen MR) is 95.5 cm³/mol. The van der Waals surface area contributed by atoms with Crippen LogP contribution in [0.2, 0.25) is 0 Å². The number of halogens is 2. The molecule has 0 aliphatic carbocycles. The Morgan fingerprint density at radius 3 is 2.78 bits per heavy atom. The SMILES string of the molecule is O=C(COc1ncnc2ccccc12)Nc1ccc(Br)cc1Br. The molecule has 3 rings (SSSR count). The Labute approximate surface area is 149 Å². The lowest BCUT2D eigenvalue weighted by Gasteiger charge is -2.09. The number of ether oxygens (including phenoxy) is 1. The summed E-state index contributed by atoms with van der Waals surface area (Å²) in [6, 6.07) is 13.0. The second-order valence-corrected chi connectivity index (χ2v) is 6.43.